The minimum Gasteiger partial charge on any atom is -0.463 e. The van der Waals surface area contributed by atoms with E-state index < -0.39 is 16.9 Å². The molecule has 0 bridgehead atoms. The Morgan fingerprint density at radius 2 is 1.94 bits per heavy atom. The molecule has 2 heterocycles. The number of benzene rings is 2. The van der Waals surface area contributed by atoms with Crippen LogP contribution in [0.15, 0.2) is 65.0 Å². The van der Waals surface area contributed by atoms with Gasteiger partial charge in [0, 0.05) is 23.6 Å². The second-order valence-electron chi connectivity index (χ2n) is 7.21. The fraction of sp³-hybridized carbons (Fsp3) is 0.227. The van der Waals surface area contributed by atoms with E-state index in [2.05, 4.69) is 15.4 Å². The fourth-order valence-corrected chi connectivity index (χ4v) is 4.27. The molecule has 0 fully saturated rings. The fourth-order valence-electron chi connectivity index (χ4n) is 3.48. The first kappa shape index (κ1) is 22.5. The first-order valence-corrected chi connectivity index (χ1v) is 11.1. The van der Waals surface area contributed by atoms with Gasteiger partial charge in [0.25, 0.3) is 5.69 Å². The predicted molar refractivity (Wildman–Crippen MR) is 120 cm³/mol. The third-order valence-electron chi connectivity index (χ3n) is 5.03. The van der Waals surface area contributed by atoms with Crippen molar-refractivity contribution in [2.24, 2.45) is 0 Å². The average molecular weight is 469 g/mol. The van der Waals surface area contributed by atoms with E-state index in [1.54, 1.807) is 42.8 Å². The number of thioether (sulfide) groups is 1. The minimum absolute atomic E-state index is 0.0552. The van der Waals surface area contributed by atoms with Crippen molar-refractivity contribution in [3.05, 3.63) is 86.9 Å². The number of halogens is 1. The Morgan fingerprint density at radius 1 is 1.24 bits per heavy atom. The van der Waals surface area contributed by atoms with Crippen molar-refractivity contribution in [1.82, 2.24) is 14.8 Å². The van der Waals surface area contributed by atoms with Gasteiger partial charge in [-0.3, -0.25) is 10.1 Å². The molecule has 4 rings (SSSR count). The molecule has 0 radical (unpaired) electrons. The van der Waals surface area contributed by atoms with Crippen LogP contribution in [0, 0.1) is 15.9 Å². The molecule has 33 heavy (non-hydrogen) atoms. The third-order valence-corrected chi connectivity index (χ3v) is 5.94. The van der Waals surface area contributed by atoms with E-state index in [1.165, 1.54) is 36.0 Å². The number of nitro groups is 1. The lowest BCUT2D eigenvalue weighted by molar-refractivity contribution is -0.384. The van der Waals surface area contributed by atoms with Gasteiger partial charge in [-0.2, -0.15) is 4.98 Å². The highest BCUT2D eigenvalue weighted by atomic mass is 32.2. The molecule has 0 amide bonds. The summed E-state index contributed by atoms with van der Waals surface area (Å²) in [6.07, 6.45) is 0. The average Bonchev–Trinajstić information content (AvgIpc) is 3.20. The summed E-state index contributed by atoms with van der Waals surface area (Å²) in [6, 6.07) is 11.5. The minimum atomic E-state index is -0.672. The number of esters is 1. The number of hydrogen-bond donors (Lipinski definition) is 1. The Balaban J connectivity index is 1.69. The molecule has 1 N–H and O–H groups in total. The molecular weight excluding hydrogens is 449 g/mol. The molecule has 1 atom stereocenters. The van der Waals surface area contributed by atoms with Gasteiger partial charge in [0.05, 0.1) is 17.1 Å². The standard InChI is InChI=1S/C22H20FN5O4S/c1-3-32-20(29)18-13(2)24-21-25-22(33-12-14-4-8-16(23)9-5-14)26-27(21)19(18)15-6-10-17(11-7-15)28(30)31/h4-11,19H,3,12H2,1-2H3,(H,24,25,26). The van der Waals surface area contributed by atoms with Gasteiger partial charge >= 0.3 is 5.97 Å². The first-order chi connectivity index (χ1) is 15.9. The number of anilines is 1. The number of aromatic nitrogens is 3. The largest absolute Gasteiger partial charge is 0.463 e. The number of carbonyl (C=O) groups excluding carboxylic acids is 1. The summed E-state index contributed by atoms with van der Waals surface area (Å²) in [5, 5.41) is 19.2. The molecule has 0 saturated carbocycles. The number of carbonyl (C=O) groups is 1. The van der Waals surface area contributed by atoms with E-state index in [1.807, 2.05) is 0 Å². The summed E-state index contributed by atoms with van der Waals surface area (Å²) in [5.41, 5.74) is 2.40. The molecule has 1 aliphatic rings. The van der Waals surface area contributed by atoms with Crippen molar-refractivity contribution in [1.29, 1.82) is 0 Å². The summed E-state index contributed by atoms with van der Waals surface area (Å²) in [4.78, 5) is 27.9. The maximum absolute atomic E-state index is 13.1. The number of nitrogens with zero attached hydrogens (tertiary/aromatic N) is 4. The van der Waals surface area contributed by atoms with Gasteiger partial charge in [0.15, 0.2) is 0 Å². The number of hydrogen-bond acceptors (Lipinski definition) is 8. The van der Waals surface area contributed by atoms with Crippen LogP contribution < -0.4 is 5.32 Å². The van der Waals surface area contributed by atoms with Crippen molar-refractivity contribution in [3.8, 4) is 0 Å². The van der Waals surface area contributed by atoms with Crippen LogP contribution in [0.5, 0.6) is 0 Å². The zero-order valence-electron chi connectivity index (χ0n) is 17.8. The van der Waals surface area contributed by atoms with Crippen LogP contribution in [0.25, 0.3) is 0 Å². The highest BCUT2D eigenvalue weighted by Gasteiger charge is 2.35. The monoisotopic (exact) mass is 469 g/mol. The lowest BCUT2D eigenvalue weighted by atomic mass is 9.95. The van der Waals surface area contributed by atoms with Gasteiger partial charge in [-0.25, -0.2) is 13.9 Å². The number of nitrogens with one attached hydrogen (secondary N) is 1. The molecule has 1 unspecified atom stereocenters. The maximum Gasteiger partial charge on any atom is 0.338 e. The van der Waals surface area contributed by atoms with Crippen molar-refractivity contribution < 1.29 is 18.8 Å². The zero-order valence-corrected chi connectivity index (χ0v) is 18.6. The summed E-state index contributed by atoms with van der Waals surface area (Å²) < 4.78 is 20.0. The molecule has 2 aromatic carbocycles. The van der Waals surface area contributed by atoms with Gasteiger partial charge < -0.3 is 10.1 Å². The number of fused-ring (bicyclic) bond motifs is 1. The van der Waals surface area contributed by atoms with Gasteiger partial charge in [-0.15, -0.1) is 5.10 Å². The molecule has 3 aromatic rings. The Labute approximate surface area is 192 Å². The number of nitro benzene ring substituents is 1. The van der Waals surface area contributed by atoms with Crippen LogP contribution in [-0.4, -0.2) is 32.3 Å². The lowest BCUT2D eigenvalue weighted by Gasteiger charge is -2.28. The number of allylic oxidation sites excluding steroid dienone is 1. The number of rotatable bonds is 7. The van der Waals surface area contributed by atoms with Gasteiger partial charge in [0.1, 0.15) is 11.9 Å². The van der Waals surface area contributed by atoms with Gasteiger partial charge in [-0.1, -0.05) is 23.9 Å². The predicted octanol–water partition coefficient (Wildman–Crippen LogP) is 4.47. The van der Waals surface area contributed by atoms with E-state index in [0.717, 1.165) is 5.56 Å². The number of ether oxygens (including phenoxy) is 1. The Kier molecular flexibility index (Phi) is 6.40. The molecule has 170 valence electrons. The van der Waals surface area contributed by atoms with Crippen LogP contribution in [0.1, 0.15) is 31.0 Å². The highest BCUT2D eigenvalue weighted by Crippen LogP contribution is 2.37. The maximum atomic E-state index is 13.1. The van der Waals surface area contributed by atoms with Crippen LogP contribution in [-0.2, 0) is 15.3 Å². The van der Waals surface area contributed by atoms with E-state index in [-0.39, 0.29) is 18.1 Å². The molecule has 1 aromatic heterocycles. The molecule has 9 nitrogen and oxygen atoms in total. The van der Waals surface area contributed by atoms with Crippen LogP contribution in [0.2, 0.25) is 0 Å². The second kappa shape index (κ2) is 9.41. The van der Waals surface area contributed by atoms with Crippen LogP contribution in [0.4, 0.5) is 16.0 Å². The smallest absolute Gasteiger partial charge is 0.338 e. The third kappa shape index (κ3) is 4.72. The van der Waals surface area contributed by atoms with E-state index >= 15 is 0 Å². The number of non-ortho nitro benzene ring substituents is 1. The van der Waals surface area contributed by atoms with Crippen molar-refractivity contribution in [3.63, 3.8) is 0 Å². The van der Waals surface area contributed by atoms with E-state index in [4.69, 9.17) is 4.74 Å². The van der Waals surface area contributed by atoms with Crippen molar-refractivity contribution >= 4 is 29.4 Å². The Bertz CT molecular complexity index is 1220. The lowest BCUT2D eigenvalue weighted by Crippen LogP contribution is -2.29. The quantitative estimate of drug-likeness (QED) is 0.233. The first-order valence-electron chi connectivity index (χ1n) is 10.1. The summed E-state index contributed by atoms with van der Waals surface area (Å²) in [6.45, 7) is 3.66. The van der Waals surface area contributed by atoms with E-state index in [0.29, 0.717) is 33.7 Å². The molecule has 0 spiro atoms. The molecule has 11 heteroatoms. The van der Waals surface area contributed by atoms with Crippen molar-refractivity contribution in [2.75, 3.05) is 11.9 Å². The summed E-state index contributed by atoms with van der Waals surface area (Å²) in [5.74, 6) is 0.156. The highest BCUT2D eigenvalue weighted by molar-refractivity contribution is 7.98. The zero-order chi connectivity index (χ0) is 23.5. The molecule has 0 aliphatic carbocycles. The van der Waals surface area contributed by atoms with Gasteiger partial charge in [0.2, 0.25) is 11.1 Å². The van der Waals surface area contributed by atoms with Gasteiger partial charge in [-0.05, 0) is 49.2 Å². The van der Waals surface area contributed by atoms with Crippen molar-refractivity contribution in [2.45, 2.75) is 30.8 Å². The Hall–Kier alpha value is -3.73. The van der Waals surface area contributed by atoms with Crippen LogP contribution >= 0.6 is 11.8 Å². The normalized spacial score (nSPS) is 15.1. The molecule has 1 aliphatic heterocycles. The summed E-state index contributed by atoms with van der Waals surface area (Å²) in [7, 11) is 0. The Morgan fingerprint density at radius 3 is 2.58 bits per heavy atom. The van der Waals surface area contributed by atoms with E-state index in [9.17, 15) is 19.3 Å². The second-order valence-corrected chi connectivity index (χ2v) is 8.16. The SMILES string of the molecule is CCOC(=O)C1=C(C)Nc2nc(SCc3ccc(F)cc3)nn2C1c1ccc([N+](=O)[O-])cc1. The molecular formula is C22H20FN5O4S. The molecule has 0 saturated heterocycles. The topological polar surface area (TPSA) is 112 Å². The summed E-state index contributed by atoms with van der Waals surface area (Å²) >= 11 is 1.37. The van der Waals surface area contributed by atoms with Crippen LogP contribution in [0.3, 0.4) is 0 Å².